The average Bonchev–Trinajstić information content (AvgIpc) is 2.64. The fraction of sp³-hybridized carbons (Fsp3) is 0.833. The van der Waals surface area contributed by atoms with Crippen molar-refractivity contribution in [3.8, 4) is 0 Å². The monoisotopic (exact) mass is 371 g/mol. The van der Waals surface area contributed by atoms with Gasteiger partial charge in [-0.2, -0.15) is 0 Å². The number of aliphatic hydroxyl groups is 1. The van der Waals surface area contributed by atoms with Gasteiger partial charge in [0, 0.05) is 7.05 Å². The number of aliphatic hydroxyl groups excluding tert-OH is 1. The highest BCUT2D eigenvalue weighted by Gasteiger charge is 2.35. The molecule has 1 aliphatic rings. The minimum Gasteiger partial charge on any atom is -0.382 e. The number of likely N-dealkylation sites (N-methyl/N-ethyl adjacent to an activating group) is 1. The van der Waals surface area contributed by atoms with Gasteiger partial charge in [-0.05, 0) is 24.7 Å². The lowest BCUT2D eigenvalue weighted by Crippen LogP contribution is -2.52. The van der Waals surface area contributed by atoms with Crippen LogP contribution in [-0.4, -0.2) is 47.2 Å². The van der Waals surface area contributed by atoms with E-state index in [0.717, 1.165) is 25.7 Å². The number of hydroxylamine groups is 1. The van der Waals surface area contributed by atoms with Crippen LogP contribution < -0.4 is 16.1 Å². The molecule has 0 aliphatic heterocycles. The smallest absolute Gasteiger partial charge is 0.272 e. The second-order valence-corrected chi connectivity index (χ2v) is 7.57. The quantitative estimate of drug-likeness (QED) is 0.301. The summed E-state index contributed by atoms with van der Waals surface area (Å²) < 4.78 is 0. The van der Waals surface area contributed by atoms with Gasteiger partial charge in [-0.25, -0.2) is 5.48 Å². The van der Waals surface area contributed by atoms with Gasteiger partial charge in [0.1, 0.15) is 12.1 Å². The van der Waals surface area contributed by atoms with Crippen LogP contribution in [0.1, 0.15) is 58.8 Å². The summed E-state index contributed by atoms with van der Waals surface area (Å²) in [5.74, 6) is -2.49. The lowest BCUT2D eigenvalue weighted by molar-refractivity contribution is -0.147. The summed E-state index contributed by atoms with van der Waals surface area (Å²) >= 11 is 0. The van der Waals surface area contributed by atoms with Crippen molar-refractivity contribution < 1.29 is 24.7 Å². The van der Waals surface area contributed by atoms with Crippen molar-refractivity contribution in [3.05, 3.63) is 0 Å². The molecule has 1 saturated carbocycles. The molecule has 150 valence electrons. The summed E-state index contributed by atoms with van der Waals surface area (Å²) in [6.07, 6.45) is 4.65. The van der Waals surface area contributed by atoms with E-state index in [-0.39, 0.29) is 18.2 Å². The van der Waals surface area contributed by atoms with Gasteiger partial charge >= 0.3 is 0 Å². The number of carbonyl (C=O) groups is 3. The molecule has 5 N–H and O–H groups in total. The maximum Gasteiger partial charge on any atom is 0.272 e. The van der Waals surface area contributed by atoms with Crippen LogP contribution in [0.2, 0.25) is 0 Å². The lowest BCUT2D eigenvalue weighted by atomic mass is 9.84. The topological polar surface area (TPSA) is 128 Å². The van der Waals surface area contributed by atoms with Crippen LogP contribution >= 0.6 is 0 Å². The van der Waals surface area contributed by atoms with Gasteiger partial charge in [-0.15, -0.1) is 0 Å². The molecule has 0 bridgehead atoms. The third-order valence-corrected chi connectivity index (χ3v) is 5.00. The molecule has 3 amide bonds. The number of rotatable bonds is 9. The number of carbonyl (C=O) groups excluding carboxylic acids is 3. The first-order chi connectivity index (χ1) is 12.3. The lowest BCUT2D eigenvalue weighted by Gasteiger charge is -2.28. The average molecular weight is 371 g/mol. The Bertz CT molecular complexity index is 477. The molecule has 0 aromatic carbocycles. The van der Waals surface area contributed by atoms with Crippen LogP contribution in [0.4, 0.5) is 0 Å². The molecular formula is C18H33N3O5. The molecule has 0 radical (unpaired) electrons. The van der Waals surface area contributed by atoms with Crippen LogP contribution in [0.3, 0.4) is 0 Å². The van der Waals surface area contributed by atoms with Crippen LogP contribution in [-0.2, 0) is 14.4 Å². The maximum absolute atomic E-state index is 12.7. The number of amides is 3. The van der Waals surface area contributed by atoms with E-state index in [2.05, 4.69) is 10.6 Å². The highest BCUT2D eigenvalue weighted by Crippen LogP contribution is 2.27. The molecule has 3 unspecified atom stereocenters. The second kappa shape index (κ2) is 11.1. The molecule has 26 heavy (non-hydrogen) atoms. The van der Waals surface area contributed by atoms with Crippen molar-refractivity contribution >= 4 is 17.7 Å². The Labute approximate surface area is 155 Å². The third kappa shape index (κ3) is 6.92. The normalized spacial score (nSPS) is 18.7. The van der Waals surface area contributed by atoms with Gasteiger partial charge in [0.15, 0.2) is 0 Å². The maximum atomic E-state index is 12.7. The van der Waals surface area contributed by atoms with E-state index in [0.29, 0.717) is 12.3 Å². The summed E-state index contributed by atoms with van der Waals surface area (Å²) in [6.45, 7) is 3.73. The van der Waals surface area contributed by atoms with Gasteiger partial charge in [0.25, 0.3) is 5.91 Å². The predicted octanol–water partition coefficient (Wildman–Crippen LogP) is 0.716. The molecule has 0 spiro atoms. The molecule has 3 atom stereocenters. The Morgan fingerprint density at radius 1 is 1.04 bits per heavy atom. The van der Waals surface area contributed by atoms with E-state index < -0.39 is 29.9 Å². The largest absolute Gasteiger partial charge is 0.382 e. The Hall–Kier alpha value is -1.67. The van der Waals surface area contributed by atoms with E-state index in [4.69, 9.17) is 5.21 Å². The Morgan fingerprint density at radius 2 is 1.65 bits per heavy atom. The van der Waals surface area contributed by atoms with E-state index in [1.54, 1.807) is 0 Å². The first-order valence-corrected chi connectivity index (χ1v) is 9.44. The van der Waals surface area contributed by atoms with Crippen molar-refractivity contribution in [2.75, 3.05) is 7.05 Å². The van der Waals surface area contributed by atoms with Gasteiger partial charge in [0.05, 0.1) is 5.92 Å². The molecule has 0 heterocycles. The van der Waals surface area contributed by atoms with Crippen molar-refractivity contribution in [1.82, 2.24) is 16.1 Å². The summed E-state index contributed by atoms with van der Waals surface area (Å²) in [4.78, 5) is 36.5. The Kier molecular flexibility index (Phi) is 9.58. The first kappa shape index (κ1) is 22.4. The van der Waals surface area contributed by atoms with E-state index in [1.807, 2.05) is 13.8 Å². The molecule has 0 aromatic rings. The zero-order valence-corrected chi connectivity index (χ0v) is 16.0. The molecule has 8 heteroatoms. The second-order valence-electron chi connectivity index (χ2n) is 7.57. The minimum atomic E-state index is -1.68. The van der Waals surface area contributed by atoms with Gasteiger partial charge in [-0.1, -0.05) is 46.0 Å². The minimum absolute atomic E-state index is 0.0451. The van der Waals surface area contributed by atoms with Gasteiger partial charge in [0.2, 0.25) is 11.8 Å². The van der Waals surface area contributed by atoms with E-state index >= 15 is 0 Å². The Balaban J connectivity index is 2.84. The molecule has 0 aromatic heterocycles. The number of nitrogens with one attached hydrogen (secondary N) is 3. The molecule has 1 aliphatic carbocycles. The highest BCUT2D eigenvalue weighted by molar-refractivity contribution is 5.92. The summed E-state index contributed by atoms with van der Waals surface area (Å²) in [7, 11) is 1.52. The molecular weight excluding hydrogens is 338 g/mol. The van der Waals surface area contributed by atoms with Crippen molar-refractivity contribution in [3.63, 3.8) is 0 Å². The number of hydrogen-bond donors (Lipinski definition) is 5. The molecule has 8 nitrogen and oxygen atoms in total. The SMILES string of the molecule is CNC(=O)C(CC1CCCCC1)NC(=O)C(CC(C)C)C(O)C(=O)NO. The van der Waals surface area contributed by atoms with Crippen molar-refractivity contribution in [1.29, 1.82) is 0 Å². The summed E-state index contributed by atoms with van der Waals surface area (Å²) in [5.41, 5.74) is 1.38. The van der Waals surface area contributed by atoms with Crippen LogP contribution in [0.25, 0.3) is 0 Å². The Morgan fingerprint density at radius 3 is 2.15 bits per heavy atom. The van der Waals surface area contributed by atoms with E-state index in [1.165, 1.54) is 18.9 Å². The molecule has 1 fully saturated rings. The highest BCUT2D eigenvalue weighted by atomic mass is 16.5. The van der Waals surface area contributed by atoms with Crippen LogP contribution in [0, 0.1) is 17.8 Å². The zero-order valence-electron chi connectivity index (χ0n) is 16.0. The fourth-order valence-electron chi connectivity index (χ4n) is 3.58. The van der Waals surface area contributed by atoms with E-state index in [9.17, 15) is 19.5 Å². The van der Waals surface area contributed by atoms with Crippen LogP contribution in [0.15, 0.2) is 0 Å². The van der Waals surface area contributed by atoms with Crippen molar-refractivity contribution in [2.24, 2.45) is 17.8 Å². The van der Waals surface area contributed by atoms with Gasteiger partial charge < -0.3 is 15.7 Å². The van der Waals surface area contributed by atoms with Gasteiger partial charge in [-0.3, -0.25) is 19.6 Å². The molecule has 0 saturated heterocycles. The zero-order chi connectivity index (χ0) is 19.7. The summed E-state index contributed by atoms with van der Waals surface area (Å²) in [6, 6.07) is -0.699. The fourth-order valence-corrected chi connectivity index (χ4v) is 3.58. The van der Waals surface area contributed by atoms with Crippen LogP contribution in [0.5, 0.6) is 0 Å². The predicted molar refractivity (Wildman–Crippen MR) is 96.1 cm³/mol. The summed E-state index contributed by atoms with van der Waals surface area (Å²) in [5, 5.41) is 24.1. The standard InChI is InChI=1S/C18H33N3O5/c1-11(2)9-13(15(22)18(25)21-26)16(23)20-14(17(24)19-3)10-12-7-5-4-6-8-12/h11-15,22,26H,4-10H2,1-3H3,(H,19,24)(H,20,23)(H,21,25). The number of hydrogen-bond acceptors (Lipinski definition) is 5. The third-order valence-electron chi connectivity index (χ3n) is 5.00. The molecule has 1 rings (SSSR count). The van der Waals surface area contributed by atoms with Crippen molar-refractivity contribution in [2.45, 2.75) is 70.9 Å². The first-order valence-electron chi connectivity index (χ1n) is 9.44.